The molecule has 0 spiro atoms. The van der Waals surface area contributed by atoms with Crippen LogP contribution in [0.1, 0.15) is 78.1 Å². The minimum Gasteiger partial charge on any atom is -0.481 e. The minimum absolute atomic E-state index is 0.0652. The second kappa shape index (κ2) is 16.2. The highest BCUT2D eigenvalue weighted by molar-refractivity contribution is 6.02. The van der Waals surface area contributed by atoms with Crippen molar-refractivity contribution < 1.29 is 33.8 Å². The highest BCUT2D eigenvalue weighted by Crippen LogP contribution is 2.52. The van der Waals surface area contributed by atoms with E-state index in [0.717, 1.165) is 51.0 Å². The highest BCUT2D eigenvalue weighted by atomic mass is 16.5. The molecule has 0 fully saturated rings. The fourth-order valence-electron chi connectivity index (χ4n) is 8.10. The van der Waals surface area contributed by atoms with Crippen molar-refractivity contribution in [3.8, 4) is 0 Å². The number of carbonyl (C=O) groups excluding carboxylic acids is 3. The van der Waals surface area contributed by atoms with Crippen LogP contribution in [-0.4, -0.2) is 95.2 Å². The summed E-state index contributed by atoms with van der Waals surface area (Å²) in [4.78, 5) is 71.2. The first-order chi connectivity index (χ1) is 27.1. The number of fused-ring (bicyclic) bond motifs is 11. The standard InChI is InChI=1S/C44H50N6O7/c1-10-26-23(2)32-20-37-30-14-11-29(42(54)56-8)41(43(55)57-9)44(30,5)38(49-37)22-33-25(4)28(13-16-40(52)53)36(48-33)21-35-27(12-15-39(51)45-17-18-50(6)7)24(3)31(47-35)19-34(26)46-32/h10-11,14,19-22,41,46,48H,1,12-13,15-18H2,2-9H3,(H,45,51)(H,52,53)/t41-,44+/m0/s1. The molecular formula is C44H50N6O7. The molecule has 0 radical (unpaired) electrons. The molecule has 298 valence electrons. The van der Waals surface area contributed by atoms with Crippen LogP contribution in [0.25, 0.3) is 44.9 Å². The van der Waals surface area contributed by atoms with Crippen LogP contribution in [-0.2, 0) is 40.5 Å². The maximum Gasteiger partial charge on any atom is 0.334 e. The molecule has 5 heterocycles. The van der Waals surface area contributed by atoms with Crippen LogP contribution >= 0.6 is 0 Å². The summed E-state index contributed by atoms with van der Waals surface area (Å²) in [5, 5.41) is 12.7. The van der Waals surface area contributed by atoms with Gasteiger partial charge in [0.15, 0.2) is 0 Å². The molecule has 3 aromatic rings. The zero-order chi connectivity index (χ0) is 41.3. The Morgan fingerprint density at radius 2 is 1.58 bits per heavy atom. The number of hydrogen-bond acceptors (Lipinski definition) is 9. The Morgan fingerprint density at radius 3 is 2.25 bits per heavy atom. The van der Waals surface area contributed by atoms with Gasteiger partial charge >= 0.3 is 17.9 Å². The van der Waals surface area contributed by atoms with Gasteiger partial charge in [-0.25, -0.2) is 9.78 Å². The number of aromatic amines is 2. The van der Waals surface area contributed by atoms with Gasteiger partial charge in [0.1, 0.15) is 5.92 Å². The van der Waals surface area contributed by atoms with E-state index in [1.807, 2.05) is 71.0 Å². The number of hydrogen-bond donors (Lipinski definition) is 4. The monoisotopic (exact) mass is 774 g/mol. The fourth-order valence-corrected chi connectivity index (χ4v) is 8.10. The lowest BCUT2D eigenvalue weighted by Crippen LogP contribution is -2.42. The molecule has 0 unspecified atom stereocenters. The van der Waals surface area contributed by atoms with Crippen LogP contribution in [0.15, 0.2) is 48.6 Å². The minimum atomic E-state index is -1.18. The van der Waals surface area contributed by atoms with Gasteiger partial charge < -0.3 is 34.8 Å². The van der Waals surface area contributed by atoms with Crippen molar-refractivity contribution in [2.24, 2.45) is 5.92 Å². The number of nitrogens with one attached hydrogen (secondary N) is 3. The number of nitrogens with zero attached hydrogens (tertiary/aromatic N) is 3. The summed E-state index contributed by atoms with van der Waals surface area (Å²) in [6.07, 6.45) is 5.99. The number of carboxylic acids is 1. The average Bonchev–Trinajstić information content (AvgIpc) is 3.82. The summed E-state index contributed by atoms with van der Waals surface area (Å²) in [7, 11) is 6.46. The third-order valence-electron chi connectivity index (χ3n) is 11.4. The van der Waals surface area contributed by atoms with Crippen molar-refractivity contribution in [3.05, 3.63) is 93.6 Å². The number of esters is 2. The summed E-state index contributed by atoms with van der Waals surface area (Å²) in [5.41, 5.74) is 10.2. The van der Waals surface area contributed by atoms with Crippen molar-refractivity contribution in [3.63, 3.8) is 0 Å². The lowest BCUT2D eigenvalue weighted by Gasteiger charge is -2.36. The molecule has 1 aliphatic carbocycles. The molecule has 0 saturated heterocycles. The summed E-state index contributed by atoms with van der Waals surface area (Å²) >= 11 is 0. The van der Waals surface area contributed by atoms with Crippen LogP contribution < -0.4 is 5.32 Å². The maximum atomic E-state index is 13.7. The summed E-state index contributed by atoms with van der Waals surface area (Å²) in [6.45, 7) is 13.1. The number of rotatable bonds is 12. The Kier molecular flexibility index (Phi) is 11.5. The van der Waals surface area contributed by atoms with E-state index in [2.05, 4.69) is 21.9 Å². The number of aliphatic carboxylic acids is 1. The maximum absolute atomic E-state index is 13.7. The van der Waals surface area contributed by atoms with Gasteiger partial charge in [-0.05, 0) is 112 Å². The molecule has 13 heteroatoms. The Balaban J connectivity index is 1.68. The number of aryl methyl sites for hydroxylation is 3. The number of amides is 1. The first kappa shape index (κ1) is 40.6. The van der Waals surface area contributed by atoms with Crippen molar-refractivity contribution in [2.75, 3.05) is 41.4 Å². The zero-order valence-electron chi connectivity index (χ0n) is 33.8. The number of carbonyl (C=O) groups is 4. The van der Waals surface area contributed by atoms with E-state index in [-0.39, 0.29) is 30.7 Å². The van der Waals surface area contributed by atoms with E-state index < -0.39 is 29.2 Å². The Labute approximate surface area is 331 Å². The molecule has 0 aromatic carbocycles. The molecule has 2 aliphatic heterocycles. The third-order valence-corrected chi connectivity index (χ3v) is 11.4. The summed E-state index contributed by atoms with van der Waals surface area (Å²) < 4.78 is 10.4. The van der Waals surface area contributed by atoms with Gasteiger partial charge in [-0.1, -0.05) is 24.8 Å². The zero-order valence-corrected chi connectivity index (χ0v) is 33.8. The predicted molar refractivity (Wildman–Crippen MR) is 221 cm³/mol. The number of carboxylic acid groups (broad SMARTS) is 1. The van der Waals surface area contributed by atoms with Crippen molar-refractivity contribution in [1.29, 1.82) is 0 Å². The summed E-state index contributed by atoms with van der Waals surface area (Å²) in [5.74, 6) is -3.38. The quantitative estimate of drug-likeness (QED) is 0.154. The number of allylic oxidation sites excluding steroid dienone is 5. The van der Waals surface area contributed by atoms with E-state index in [9.17, 15) is 24.3 Å². The molecule has 3 aromatic heterocycles. The Bertz CT molecular complexity index is 2460. The van der Waals surface area contributed by atoms with Crippen molar-refractivity contribution in [2.45, 2.75) is 58.8 Å². The van der Waals surface area contributed by atoms with E-state index >= 15 is 0 Å². The van der Waals surface area contributed by atoms with Gasteiger partial charge in [-0.3, -0.25) is 19.4 Å². The van der Waals surface area contributed by atoms with Crippen LogP contribution in [0, 0.1) is 19.8 Å². The fraction of sp³-hybridized carbons (Fsp3) is 0.364. The molecule has 2 atom stereocenters. The van der Waals surface area contributed by atoms with Gasteiger partial charge in [0.25, 0.3) is 0 Å². The van der Waals surface area contributed by atoms with Crippen LogP contribution in [0.4, 0.5) is 0 Å². The number of methoxy groups -OCH3 is 2. The molecule has 57 heavy (non-hydrogen) atoms. The number of aromatic nitrogens is 4. The highest BCUT2D eigenvalue weighted by Gasteiger charge is 2.53. The lowest BCUT2D eigenvalue weighted by molar-refractivity contribution is -0.149. The second-order valence-corrected chi connectivity index (χ2v) is 15.1. The summed E-state index contributed by atoms with van der Waals surface area (Å²) in [6, 6.07) is 7.68. The number of ether oxygens (including phenoxy) is 2. The normalized spacial score (nSPS) is 17.5. The first-order valence-electron chi connectivity index (χ1n) is 18.9. The van der Waals surface area contributed by atoms with Gasteiger partial charge in [0.2, 0.25) is 5.91 Å². The van der Waals surface area contributed by atoms with Crippen molar-refractivity contribution in [1.82, 2.24) is 30.2 Å². The Morgan fingerprint density at radius 1 is 0.895 bits per heavy atom. The number of H-pyrrole nitrogens is 2. The second-order valence-electron chi connectivity index (χ2n) is 15.1. The molecule has 6 rings (SSSR count). The van der Waals surface area contributed by atoms with Crippen LogP contribution in [0.5, 0.6) is 0 Å². The molecular weight excluding hydrogens is 725 g/mol. The predicted octanol–water partition coefficient (Wildman–Crippen LogP) is 6.22. The van der Waals surface area contributed by atoms with Gasteiger partial charge in [-0.15, -0.1) is 0 Å². The molecule has 13 nitrogen and oxygen atoms in total. The van der Waals surface area contributed by atoms with Crippen LogP contribution in [0.2, 0.25) is 0 Å². The molecule has 1 amide bonds. The SMILES string of the molecule is C=Cc1c(C)c2cc3nc(cc4[nH]c(cc5nc(cc1[nH]2)C(C)=C5CCC(=O)NCCN(C)C)c(CCC(=O)O)c4C)[C@@]1(C)C3=CC=C(C(=O)OC)[C@H]1C(=O)OC. The van der Waals surface area contributed by atoms with Gasteiger partial charge in [-0.2, -0.15) is 0 Å². The third kappa shape index (κ3) is 7.59. The average molecular weight is 775 g/mol. The molecule has 3 aliphatic rings. The van der Waals surface area contributed by atoms with Crippen molar-refractivity contribution >= 4 is 68.7 Å². The lowest BCUT2D eigenvalue weighted by atomic mass is 9.64. The number of likely N-dealkylation sites (N-methyl/N-ethyl adjacent to an activating group) is 1. The van der Waals surface area contributed by atoms with Crippen LogP contribution in [0.3, 0.4) is 0 Å². The van der Waals surface area contributed by atoms with E-state index in [4.69, 9.17) is 19.4 Å². The first-order valence-corrected chi connectivity index (χ1v) is 18.9. The van der Waals surface area contributed by atoms with Gasteiger partial charge in [0.05, 0.1) is 48.0 Å². The van der Waals surface area contributed by atoms with E-state index in [1.54, 1.807) is 18.2 Å². The van der Waals surface area contributed by atoms with E-state index in [0.29, 0.717) is 52.3 Å². The smallest absolute Gasteiger partial charge is 0.334 e. The molecule has 8 bridgehead atoms. The van der Waals surface area contributed by atoms with E-state index in [1.165, 1.54) is 14.2 Å². The Hall–Kier alpha value is -6.08. The largest absolute Gasteiger partial charge is 0.481 e. The molecule has 4 N–H and O–H groups in total. The topological polar surface area (TPSA) is 180 Å². The van der Waals surface area contributed by atoms with Gasteiger partial charge in [0, 0.05) is 53.6 Å². The molecule has 0 saturated carbocycles.